The quantitative estimate of drug-likeness (QED) is 0.355. The summed E-state index contributed by atoms with van der Waals surface area (Å²) in [6, 6.07) is 15.9. The lowest BCUT2D eigenvalue weighted by atomic mass is 10.1. The molecule has 2 heterocycles. The molecule has 0 radical (unpaired) electrons. The SMILES string of the molecule is C=S(C)c1nc(C(=O)Nc2ccc(Oc3ccnc(C(=O)NC)c3)cc2)c(-c2ccc(F)cc2)n1C. The van der Waals surface area contributed by atoms with Crippen LogP contribution in [0.2, 0.25) is 0 Å². The van der Waals surface area contributed by atoms with Crippen LogP contribution in [0.4, 0.5) is 10.1 Å². The maximum absolute atomic E-state index is 13.5. The lowest BCUT2D eigenvalue weighted by molar-refractivity contribution is 0.0957. The summed E-state index contributed by atoms with van der Waals surface area (Å²) in [6.07, 6.45) is 3.40. The molecule has 184 valence electrons. The molecule has 8 nitrogen and oxygen atoms in total. The second kappa shape index (κ2) is 10.5. The average Bonchev–Trinajstić information content (AvgIpc) is 3.23. The maximum atomic E-state index is 13.5. The number of pyridine rings is 1. The summed E-state index contributed by atoms with van der Waals surface area (Å²) < 4.78 is 21.1. The summed E-state index contributed by atoms with van der Waals surface area (Å²) in [4.78, 5) is 33.6. The van der Waals surface area contributed by atoms with E-state index in [4.69, 9.17) is 4.74 Å². The van der Waals surface area contributed by atoms with Crippen LogP contribution in [-0.4, -0.2) is 45.5 Å². The first-order valence-electron chi connectivity index (χ1n) is 10.8. The van der Waals surface area contributed by atoms with E-state index >= 15 is 0 Å². The Morgan fingerprint density at radius 3 is 2.36 bits per heavy atom. The molecule has 1 unspecified atom stereocenters. The van der Waals surface area contributed by atoms with Gasteiger partial charge in [0.2, 0.25) is 0 Å². The number of halogens is 1. The highest BCUT2D eigenvalue weighted by atomic mass is 32.2. The number of carbonyl (C=O) groups excluding carboxylic acids is 2. The number of benzene rings is 2. The predicted octanol–water partition coefficient (Wildman–Crippen LogP) is 4.72. The highest BCUT2D eigenvalue weighted by Crippen LogP contribution is 2.31. The third kappa shape index (κ3) is 5.33. The summed E-state index contributed by atoms with van der Waals surface area (Å²) in [7, 11) is 2.89. The zero-order valence-electron chi connectivity index (χ0n) is 19.9. The molecule has 0 aliphatic rings. The van der Waals surface area contributed by atoms with Gasteiger partial charge in [-0.05, 0) is 60.9 Å². The second-order valence-electron chi connectivity index (χ2n) is 7.83. The van der Waals surface area contributed by atoms with Crippen LogP contribution in [0.25, 0.3) is 11.3 Å². The number of nitrogens with one attached hydrogen (secondary N) is 2. The fraction of sp³-hybridized carbons (Fsp3) is 0.115. The summed E-state index contributed by atoms with van der Waals surface area (Å²) in [6.45, 7) is 0. The molecule has 2 amide bonds. The lowest BCUT2D eigenvalue weighted by Crippen LogP contribution is -2.18. The molecule has 2 aromatic carbocycles. The van der Waals surface area contributed by atoms with Crippen LogP contribution in [-0.2, 0) is 7.05 Å². The molecule has 0 aliphatic heterocycles. The minimum Gasteiger partial charge on any atom is -0.457 e. The molecular formula is C26H24FN5O3S. The van der Waals surface area contributed by atoms with Gasteiger partial charge in [-0.2, -0.15) is 0 Å². The topological polar surface area (TPSA) is 98.1 Å². The summed E-state index contributed by atoms with van der Waals surface area (Å²) in [5.41, 5.74) is 2.25. The Balaban J connectivity index is 1.55. The molecule has 4 rings (SSSR count). The van der Waals surface area contributed by atoms with Gasteiger partial charge in [0.1, 0.15) is 23.0 Å². The van der Waals surface area contributed by atoms with Gasteiger partial charge >= 0.3 is 0 Å². The minimum absolute atomic E-state index is 0.223. The highest BCUT2D eigenvalue weighted by Gasteiger charge is 2.22. The number of amides is 2. The molecule has 0 saturated carbocycles. The first-order valence-corrected chi connectivity index (χ1v) is 12.6. The van der Waals surface area contributed by atoms with E-state index in [0.29, 0.717) is 33.6 Å². The summed E-state index contributed by atoms with van der Waals surface area (Å²) >= 11 is 0. The number of anilines is 1. The van der Waals surface area contributed by atoms with E-state index in [9.17, 15) is 14.0 Å². The molecule has 0 aliphatic carbocycles. The molecule has 0 bridgehead atoms. The van der Waals surface area contributed by atoms with Gasteiger partial charge in [-0.25, -0.2) is 9.37 Å². The van der Waals surface area contributed by atoms with Gasteiger partial charge in [-0.15, -0.1) is 10.5 Å². The number of hydrogen-bond acceptors (Lipinski definition) is 5. The van der Waals surface area contributed by atoms with E-state index in [1.165, 1.54) is 31.4 Å². The van der Waals surface area contributed by atoms with Crippen LogP contribution in [0.5, 0.6) is 11.5 Å². The van der Waals surface area contributed by atoms with Gasteiger partial charge in [-0.1, -0.05) is 5.87 Å². The Hall–Kier alpha value is -4.31. The van der Waals surface area contributed by atoms with E-state index in [0.717, 1.165) is 0 Å². The number of aromatic nitrogens is 3. The van der Waals surface area contributed by atoms with Gasteiger partial charge < -0.3 is 19.9 Å². The Labute approximate surface area is 210 Å². The molecule has 4 aromatic rings. The van der Waals surface area contributed by atoms with E-state index in [-0.39, 0.29) is 23.1 Å². The molecule has 1 atom stereocenters. The Bertz CT molecular complexity index is 1450. The van der Waals surface area contributed by atoms with Crippen molar-refractivity contribution in [1.29, 1.82) is 0 Å². The highest BCUT2D eigenvalue weighted by molar-refractivity contribution is 8.13. The minimum atomic E-state index is -0.448. The largest absolute Gasteiger partial charge is 0.457 e. The van der Waals surface area contributed by atoms with Crippen LogP contribution >= 0.6 is 10.5 Å². The summed E-state index contributed by atoms with van der Waals surface area (Å²) in [5, 5.41) is 6.04. The van der Waals surface area contributed by atoms with Crippen molar-refractivity contribution >= 4 is 33.9 Å². The van der Waals surface area contributed by atoms with Crippen LogP contribution in [0, 0.1) is 5.82 Å². The lowest BCUT2D eigenvalue weighted by Gasteiger charge is -2.10. The number of rotatable bonds is 7. The van der Waals surface area contributed by atoms with E-state index in [1.807, 2.05) is 17.9 Å². The fourth-order valence-corrected chi connectivity index (χ4v) is 4.35. The molecule has 0 spiro atoms. The van der Waals surface area contributed by atoms with Crippen molar-refractivity contribution in [2.75, 3.05) is 18.6 Å². The van der Waals surface area contributed by atoms with Crippen molar-refractivity contribution in [3.63, 3.8) is 0 Å². The van der Waals surface area contributed by atoms with Crippen LogP contribution in [0.1, 0.15) is 21.0 Å². The monoisotopic (exact) mass is 505 g/mol. The fourth-order valence-electron chi connectivity index (χ4n) is 3.55. The number of imidazole rings is 1. The number of ether oxygens (including phenoxy) is 1. The van der Waals surface area contributed by atoms with Crippen LogP contribution < -0.4 is 15.4 Å². The van der Waals surface area contributed by atoms with Crippen LogP contribution in [0.3, 0.4) is 0 Å². The van der Waals surface area contributed by atoms with Gasteiger partial charge in [0.05, 0.1) is 5.69 Å². The smallest absolute Gasteiger partial charge is 0.276 e. The number of nitrogens with zero attached hydrogens (tertiary/aromatic N) is 3. The third-order valence-electron chi connectivity index (χ3n) is 5.24. The van der Waals surface area contributed by atoms with Crippen LogP contribution in [0.15, 0.2) is 72.0 Å². The Morgan fingerprint density at radius 1 is 1.03 bits per heavy atom. The van der Waals surface area contributed by atoms with Crippen molar-refractivity contribution in [1.82, 2.24) is 19.9 Å². The third-order valence-corrected chi connectivity index (χ3v) is 6.23. The maximum Gasteiger partial charge on any atom is 0.276 e. The Morgan fingerprint density at radius 2 is 1.72 bits per heavy atom. The number of carbonyl (C=O) groups is 2. The van der Waals surface area contributed by atoms with Gasteiger partial charge in [0.15, 0.2) is 10.9 Å². The van der Waals surface area contributed by atoms with Crippen molar-refractivity contribution in [2.45, 2.75) is 5.16 Å². The zero-order valence-corrected chi connectivity index (χ0v) is 20.7. The van der Waals surface area contributed by atoms with Gasteiger partial charge in [0.25, 0.3) is 11.8 Å². The second-order valence-corrected chi connectivity index (χ2v) is 9.47. The number of hydrogen-bond donors (Lipinski definition) is 2. The molecule has 2 aromatic heterocycles. The van der Waals surface area contributed by atoms with Crippen molar-refractivity contribution in [3.05, 3.63) is 84.1 Å². The molecule has 2 N–H and O–H groups in total. The Kier molecular flexibility index (Phi) is 7.25. The zero-order chi connectivity index (χ0) is 25.8. The molecule has 10 heteroatoms. The van der Waals surface area contributed by atoms with E-state index < -0.39 is 16.4 Å². The van der Waals surface area contributed by atoms with Crippen molar-refractivity contribution in [2.24, 2.45) is 7.05 Å². The van der Waals surface area contributed by atoms with Crippen molar-refractivity contribution < 1.29 is 18.7 Å². The summed E-state index contributed by atoms with van der Waals surface area (Å²) in [5.74, 6) is 3.94. The van der Waals surface area contributed by atoms with E-state index in [2.05, 4.69) is 26.5 Å². The first-order chi connectivity index (χ1) is 17.3. The normalized spacial score (nSPS) is 11.6. The molecule has 36 heavy (non-hydrogen) atoms. The average molecular weight is 506 g/mol. The van der Waals surface area contributed by atoms with Gasteiger partial charge in [-0.3, -0.25) is 14.6 Å². The molecule has 0 saturated heterocycles. The standard InChI is InChI=1S/C26H24FN5O3S/c1-28-24(33)21-15-20(13-14-29-21)35-19-11-9-18(10-12-19)30-25(34)22-23(16-5-7-17(27)8-6-16)32(2)26(31-22)36(3)4/h5-15H,3H2,1-2,4H3,(H,28,33)(H,30,34). The predicted molar refractivity (Wildman–Crippen MR) is 140 cm³/mol. The molecule has 0 fully saturated rings. The van der Waals surface area contributed by atoms with Gasteiger partial charge in [0, 0.05) is 37.6 Å². The van der Waals surface area contributed by atoms with E-state index in [1.54, 1.807) is 42.5 Å². The molecular weight excluding hydrogens is 481 g/mol. The van der Waals surface area contributed by atoms with Crippen molar-refractivity contribution in [3.8, 4) is 22.8 Å². The first kappa shape index (κ1) is 24.8.